The van der Waals surface area contributed by atoms with Crippen LogP contribution in [-0.2, 0) is 27.7 Å². The molecule has 1 saturated heterocycles. The third kappa shape index (κ3) is 3.66. The van der Waals surface area contributed by atoms with Crippen molar-refractivity contribution in [3.8, 4) is 11.3 Å². The molecule has 4 rings (SSSR count). The molecule has 2 N–H and O–H groups in total. The fourth-order valence-corrected chi connectivity index (χ4v) is 4.59. The summed E-state index contributed by atoms with van der Waals surface area (Å²) in [6.07, 6.45) is 3.97. The van der Waals surface area contributed by atoms with Gasteiger partial charge in [0.15, 0.2) is 5.75 Å². The van der Waals surface area contributed by atoms with E-state index < -0.39 is 21.7 Å². The van der Waals surface area contributed by atoms with Crippen LogP contribution in [0.5, 0.6) is 0 Å². The first kappa shape index (κ1) is 18.7. The first-order valence-electron chi connectivity index (χ1n) is 9.31. The number of aryl methyl sites for hydroxylation is 1. The molecule has 148 valence electrons. The van der Waals surface area contributed by atoms with Crippen LogP contribution in [0.4, 0.5) is 11.6 Å². The quantitative estimate of drug-likeness (QED) is 0.760. The summed E-state index contributed by atoms with van der Waals surface area (Å²) in [6.45, 7) is 3.09. The van der Waals surface area contributed by atoms with Gasteiger partial charge in [-0.2, -0.15) is 0 Å². The predicted molar refractivity (Wildman–Crippen MR) is 106 cm³/mol. The maximum absolute atomic E-state index is 11.9. The van der Waals surface area contributed by atoms with Crippen molar-refractivity contribution in [3.63, 3.8) is 0 Å². The number of sulfonamides is 1. The fourth-order valence-electron chi connectivity index (χ4n) is 3.71. The molecule has 1 aliphatic carbocycles. The number of carboxylic acids is 1. The molecule has 0 bridgehead atoms. The van der Waals surface area contributed by atoms with Crippen molar-refractivity contribution in [2.45, 2.75) is 38.6 Å². The molecule has 0 amide bonds. The lowest BCUT2D eigenvalue weighted by Crippen LogP contribution is -2.46. The molecule has 1 aromatic heterocycles. The molecule has 1 atom stereocenters. The normalized spacial score (nSPS) is 18.5. The number of hydrogen-bond donors (Lipinski definition) is 2. The van der Waals surface area contributed by atoms with Crippen molar-refractivity contribution >= 4 is 27.6 Å². The van der Waals surface area contributed by atoms with Crippen molar-refractivity contribution in [2.75, 3.05) is 21.9 Å². The third-order valence-electron chi connectivity index (χ3n) is 5.22. The molecule has 2 heterocycles. The molecule has 0 spiro atoms. The summed E-state index contributed by atoms with van der Waals surface area (Å²) in [6, 6.07) is 7.34. The summed E-state index contributed by atoms with van der Waals surface area (Å²) in [5, 5.41) is 8.76. The topological polar surface area (TPSA) is 112 Å². The van der Waals surface area contributed by atoms with Crippen LogP contribution >= 0.6 is 0 Å². The lowest BCUT2D eigenvalue weighted by Gasteiger charge is -2.39. The number of nitrogens with one attached hydrogen (secondary N) is 1. The summed E-state index contributed by atoms with van der Waals surface area (Å²) in [4.78, 5) is 22.5. The van der Waals surface area contributed by atoms with Gasteiger partial charge in [-0.05, 0) is 44.7 Å². The van der Waals surface area contributed by atoms with Crippen LogP contribution in [-0.4, -0.2) is 47.8 Å². The Labute approximate surface area is 163 Å². The Morgan fingerprint density at radius 1 is 1.32 bits per heavy atom. The summed E-state index contributed by atoms with van der Waals surface area (Å²) in [5.41, 5.74) is 4.13. The van der Waals surface area contributed by atoms with E-state index in [0.717, 1.165) is 60.7 Å². The van der Waals surface area contributed by atoms with E-state index in [1.807, 2.05) is 6.07 Å². The smallest absolute Gasteiger partial charge is 0.320 e. The van der Waals surface area contributed by atoms with E-state index in [9.17, 15) is 13.2 Å². The molecular weight excluding hydrogens is 380 g/mol. The number of aromatic nitrogens is 2. The molecule has 0 unspecified atom stereocenters. The molecular formula is C19H22N4O4S. The zero-order valence-corrected chi connectivity index (χ0v) is 16.4. The number of aliphatic carboxylic acids is 1. The van der Waals surface area contributed by atoms with Crippen LogP contribution in [0.1, 0.15) is 31.0 Å². The van der Waals surface area contributed by atoms with E-state index in [4.69, 9.17) is 15.1 Å². The van der Waals surface area contributed by atoms with Crippen molar-refractivity contribution in [1.82, 2.24) is 9.97 Å². The molecule has 1 aromatic carbocycles. The largest absolute Gasteiger partial charge is 0.480 e. The predicted octanol–water partition coefficient (Wildman–Crippen LogP) is 2.06. The second kappa shape index (κ2) is 7.05. The number of carboxylic acid groups (broad SMARTS) is 1. The van der Waals surface area contributed by atoms with Crippen molar-refractivity contribution in [3.05, 3.63) is 35.5 Å². The number of rotatable bonds is 6. The molecule has 0 saturated carbocycles. The number of fused-ring (bicyclic) bond motifs is 1. The Hall–Kier alpha value is -2.68. The Morgan fingerprint density at radius 2 is 2.14 bits per heavy atom. The Kier molecular flexibility index (Phi) is 4.70. The molecule has 8 nitrogen and oxygen atoms in total. The van der Waals surface area contributed by atoms with Gasteiger partial charge in [0.25, 0.3) is 0 Å². The van der Waals surface area contributed by atoms with Gasteiger partial charge in [-0.1, -0.05) is 12.1 Å². The average Bonchev–Trinajstić information content (AvgIpc) is 3.07. The molecule has 0 radical (unpaired) electrons. The van der Waals surface area contributed by atoms with Crippen LogP contribution in [0.3, 0.4) is 0 Å². The highest BCUT2D eigenvalue weighted by Crippen LogP contribution is 2.34. The number of carbonyl (C=O) groups is 1. The molecule has 2 aromatic rings. The van der Waals surface area contributed by atoms with E-state index in [0.29, 0.717) is 11.7 Å². The molecule has 28 heavy (non-hydrogen) atoms. The van der Waals surface area contributed by atoms with Gasteiger partial charge in [0.2, 0.25) is 16.0 Å². The van der Waals surface area contributed by atoms with Crippen LogP contribution < -0.4 is 9.62 Å². The van der Waals surface area contributed by atoms with Crippen LogP contribution in [0.25, 0.3) is 11.3 Å². The summed E-state index contributed by atoms with van der Waals surface area (Å²) in [5.74, 6) is -1.64. The second-order valence-corrected chi connectivity index (χ2v) is 9.04. The molecule has 2 aliphatic rings. The van der Waals surface area contributed by atoms with E-state index in [-0.39, 0.29) is 0 Å². The van der Waals surface area contributed by atoms with Gasteiger partial charge in [0, 0.05) is 35.1 Å². The van der Waals surface area contributed by atoms with Gasteiger partial charge >= 0.3 is 5.97 Å². The van der Waals surface area contributed by atoms with Crippen molar-refractivity contribution < 1.29 is 18.3 Å². The van der Waals surface area contributed by atoms with Crippen LogP contribution in [0.2, 0.25) is 0 Å². The Morgan fingerprint density at radius 3 is 2.82 bits per heavy atom. The average molecular weight is 402 g/mol. The van der Waals surface area contributed by atoms with Crippen molar-refractivity contribution in [1.29, 1.82) is 0 Å². The summed E-state index contributed by atoms with van der Waals surface area (Å²) < 4.78 is 26.2. The number of benzene rings is 1. The fraction of sp³-hybridized carbons (Fsp3) is 0.421. The lowest BCUT2D eigenvalue weighted by molar-refractivity contribution is -0.134. The highest BCUT2D eigenvalue weighted by atomic mass is 32.2. The van der Waals surface area contributed by atoms with Gasteiger partial charge < -0.3 is 10.0 Å². The molecule has 9 heteroatoms. The van der Waals surface area contributed by atoms with Gasteiger partial charge in [0.05, 0.1) is 5.69 Å². The van der Waals surface area contributed by atoms with Crippen LogP contribution in [0, 0.1) is 0 Å². The van der Waals surface area contributed by atoms with Gasteiger partial charge in [-0.3, -0.25) is 9.52 Å². The summed E-state index contributed by atoms with van der Waals surface area (Å²) >= 11 is 0. The van der Waals surface area contributed by atoms with Gasteiger partial charge in [-0.25, -0.2) is 18.4 Å². The first-order chi connectivity index (χ1) is 13.3. The monoisotopic (exact) mass is 402 g/mol. The highest BCUT2D eigenvalue weighted by molar-refractivity contribution is 7.93. The minimum atomic E-state index is -3.96. The number of nitrogens with zero attached hydrogens (tertiary/aromatic N) is 3. The minimum Gasteiger partial charge on any atom is -0.480 e. The summed E-state index contributed by atoms with van der Waals surface area (Å²) in [7, 11) is -3.96. The molecule has 1 fully saturated rings. The van der Waals surface area contributed by atoms with E-state index >= 15 is 0 Å². The zero-order valence-electron chi connectivity index (χ0n) is 15.6. The second-order valence-electron chi connectivity index (χ2n) is 7.32. The van der Waals surface area contributed by atoms with Gasteiger partial charge in [-0.15, -0.1) is 0 Å². The maximum atomic E-state index is 11.9. The SMILES string of the molecule is C[C@H]1CCN1c1nc2c(c(-c3cccc(NS(=O)(=O)CC(=O)O)c3)n1)CCC2. The van der Waals surface area contributed by atoms with E-state index in [1.54, 1.807) is 18.2 Å². The van der Waals surface area contributed by atoms with E-state index in [2.05, 4.69) is 16.5 Å². The number of hydrogen-bond acceptors (Lipinski definition) is 6. The standard InChI is InChI=1S/C19H22N4O4S/c1-12-8-9-23(12)19-20-16-7-3-6-15(16)18(21-19)13-4-2-5-14(10-13)22-28(26,27)11-17(24)25/h2,4-5,10,12,22H,3,6-9,11H2,1H3,(H,24,25)/t12-/m0/s1. The van der Waals surface area contributed by atoms with Gasteiger partial charge in [0.1, 0.15) is 0 Å². The minimum absolute atomic E-state index is 0.322. The first-order valence-corrected chi connectivity index (χ1v) is 11.0. The molecule has 1 aliphatic heterocycles. The number of anilines is 2. The zero-order chi connectivity index (χ0) is 19.9. The maximum Gasteiger partial charge on any atom is 0.320 e. The van der Waals surface area contributed by atoms with Crippen molar-refractivity contribution in [2.24, 2.45) is 0 Å². The van der Waals surface area contributed by atoms with E-state index in [1.165, 1.54) is 0 Å². The van der Waals surface area contributed by atoms with Crippen LogP contribution in [0.15, 0.2) is 24.3 Å². The third-order valence-corrected chi connectivity index (χ3v) is 6.39. The lowest BCUT2D eigenvalue weighted by atomic mass is 10.0. The highest BCUT2D eigenvalue weighted by Gasteiger charge is 2.29. The Balaban J connectivity index is 1.70. The Bertz CT molecular complexity index is 1040.